The Morgan fingerprint density at radius 3 is 2.78 bits per heavy atom. The zero-order valence-corrected chi connectivity index (χ0v) is 17.2. The molecule has 4 aromatic rings. The molecule has 0 radical (unpaired) electrons. The van der Waals surface area contributed by atoms with Crippen LogP contribution in [0.3, 0.4) is 0 Å². The Labute approximate surface area is 168 Å². The Kier molecular flexibility index (Phi) is 5.20. The van der Waals surface area contributed by atoms with Crippen molar-refractivity contribution in [1.82, 2.24) is 15.2 Å². The monoisotopic (exact) mass is 412 g/mol. The van der Waals surface area contributed by atoms with Gasteiger partial charge >= 0.3 is 0 Å². The summed E-state index contributed by atoms with van der Waals surface area (Å²) in [7, 11) is 0. The number of anilines is 1. The quantitative estimate of drug-likeness (QED) is 0.347. The van der Waals surface area contributed by atoms with Gasteiger partial charge in [-0.05, 0) is 36.9 Å². The Bertz CT molecular complexity index is 1120. The molecular weight excluding hydrogens is 396 g/mol. The fourth-order valence-electron chi connectivity index (χ4n) is 2.67. The number of aromatic nitrogens is 3. The number of carbonyl (C=O) groups excluding carboxylic acids is 1. The fraction of sp³-hybridized carbons (Fsp3) is 0.158. The van der Waals surface area contributed by atoms with E-state index in [2.05, 4.69) is 35.4 Å². The number of rotatable bonds is 5. The van der Waals surface area contributed by atoms with E-state index in [0.717, 1.165) is 31.6 Å². The lowest BCUT2D eigenvalue weighted by Gasteiger charge is -2.08. The minimum absolute atomic E-state index is 0.202. The van der Waals surface area contributed by atoms with Crippen molar-refractivity contribution < 1.29 is 4.79 Å². The molecule has 1 N–H and O–H groups in total. The highest BCUT2D eigenvalue weighted by molar-refractivity contribution is 8.01. The van der Waals surface area contributed by atoms with Gasteiger partial charge in [-0.25, -0.2) is 4.98 Å². The molecule has 0 aliphatic carbocycles. The second kappa shape index (κ2) is 7.75. The minimum Gasteiger partial charge on any atom is -0.296 e. The summed E-state index contributed by atoms with van der Waals surface area (Å²) in [6, 6.07) is 13.6. The molecule has 0 fully saturated rings. The lowest BCUT2D eigenvalue weighted by atomic mass is 10.1. The van der Waals surface area contributed by atoms with Crippen molar-refractivity contribution in [3.05, 3.63) is 52.9 Å². The molecule has 0 aliphatic rings. The van der Waals surface area contributed by atoms with Crippen molar-refractivity contribution in [1.29, 1.82) is 0 Å². The summed E-state index contributed by atoms with van der Waals surface area (Å²) in [5, 5.41) is 12.4. The van der Waals surface area contributed by atoms with Crippen LogP contribution in [0.5, 0.6) is 0 Å². The molecule has 0 atom stereocenters. The first-order valence-corrected chi connectivity index (χ1v) is 11.0. The maximum Gasteiger partial charge on any atom is 0.258 e. The molecule has 0 spiro atoms. The highest BCUT2D eigenvalue weighted by Gasteiger charge is 2.16. The van der Waals surface area contributed by atoms with Crippen molar-refractivity contribution >= 4 is 56.4 Å². The number of benzene rings is 1. The molecule has 1 aromatic carbocycles. The highest BCUT2D eigenvalue weighted by atomic mass is 32.2. The smallest absolute Gasteiger partial charge is 0.258 e. The van der Waals surface area contributed by atoms with Gasteiger partial charge < -0.3 is 0 Å². The third-order valence-corrected chi connectivity index (χ3v) is 6.73. The summed E-state index contributed by atoms with van der Waals surface area (Å²) >= 11 is 4.66. The van der Waals surface area contributed by atoms with Crippen LogP contribution in [-0.2, 0) is 0 Å². The normalized spacial score (nSPS) is 11.0. The molecule has 0 saturated heterocycles. The van der Waals surface area contributed by atoms with E-state index in [1.54, 1.807) is 23.1 Å². The van der Waals surface area contributed by atoms with E-state index in [1.807, 2.05) is 36.4 Å². The molecule has 136 valence electrons. The zero-order chi connectivity index (χ0) is 18.8. The highest BCUT2D eigenvalue weighted by Crippen LogP contribution is 2.31. The van der Waals surface area contributed by atoms with Crippen molar-refractivity contribution in [3.63, 3.8) is 0 Å². The summed E-state index contributed by atoms with van der Waals surface area (Å²) in [5.74, 6) is 0.716. The van der Waals surface area contributed by atoms with E-state index in [0.29, 0.717) is 10.7 Å². The summed E-state index contributed by atoms with van der Waals surface area (Å²) in [4.78, 5) is 20.0. The molecule has 5 nitrogen and oxygen atoms in total. The first-order chi connectivity index (χ1) is 13.1. The van der Waals surface area contributed by atoms with Gasteiger partial charge in [-0.1, -0.05) is 48.2 Å². The van der Waals surface area contributed by atoms with Gasteiger partial charge in [0, 0.05) is 10.3 Å². The molecule has 27 heavy (non-hydrogen) atoms. The van der Waals surface area contributed by atoms with Gasteiger partial charge in [0.15, 0.2) is 4.34 Å². The maximum absolute atomic E-state index is 13.0. The number of hydrogen-bond acceptors (Lipinski definition) is 7. The Hall–Kier alpha value is -2.29. The van der Waals surface area contributed by atoms with Gasteiger partial charge in [0.05, 0.1) is 21.7 Å². The number of thioether (sulfide) groups is 1. The van der Waals surface area contributed by atoms with Crippen LogP contribution in [0.1, 0.15) is 22.2 Å². The summed E-state index contributed by atoms with van der Waals surface area (Å²) in [6.45, 7) is 4.12. The van der Waals surface area contributed by atoms with Crippen LogP contribution in [0.2, 0.25) is 0 Å². The summed E-state index contributed by atoms with van der Waals surface area (Å²) < 4.78 is 0.849. The molecule has 0 aliphatic heterocycles. The number of thiophene rings is 1. The van der Waals surface area contributed by atoms with Gasteiger partial charge in [-0.15, -0.1) is 21.5 Å². The number of nitrogens with one attached hydrogen (secondary N) is 1. The van der Waals surface area contributed by atoms with Gasteiger partial charge in [0.25, 0.3) is 5.91 Å². The molecule has 3 heterocycles. The van der Waals surface area contributed by atoms with Gasteiger partial charge in [0.2, 0.25) is 5.13 Å². The first kappa shape index (κ1) is 18.1. The Morgan fingerprint density at radius 2 is 2.00 bits per heavy atom. The second-order valence-corrected chi connectivity index (χ2v) is 9.52. The van der Waals surface area contributed by atoms with Crippen LogP contribution >= 0.6 is 34.4 Å². The number of amides is 1. The number of pyridine rings is 1. The number of aryl methyl sites for hydroxylation is 1. The van der Waals surface area contributed by atoms with Crippen LogP contribution in [0, 0.1) is 6.92 Å². The number of carbonyl (C=O) groups is 1. The van der Waals surface area contributed by atoms with E-state index in [1.165, 1.54) is 16.2 Å². The molecule has 8 heteroatoms. The number of hydrogen-bond donors (Lipinski definition) is 1. The number of nitrogens with zero attached hydrogens (tertiary/aromatic N) is 3. The lowest BCUT2D eigenvalue weighted by molar-refractivity contribution is 0.102. The van der Waals surface area contributed by atoms with Gasteiger partial charge in [-0.3, -0.25) is 10.1 Å². The van der Waals surface area contributed by atoms with Crippen molar-refractivity contribution in [3.8, 4) is 10.6 Å². The molecular formula is C19H16N4OS3. The molecule has 1 amide bonds. The van der Waals surface area contributed by atoms with Crippen molar-refractivity contribution in [2.24, 2.45) is 0 Å². The maximum atomic E-state index is 13.0. The largest absolute Gasteiger partial charge is 0.296 e. The van der Waals surface area contributed by atoms with Crippen LogP contribution < -0.4 is 5.32 Å². The molecule has 0 bridgehead atoms. The van der Waals surface area contributed by atoms with Crippen LogP contribution in [0.25, 0.3) is 21.5 Å². The predicted octanol–water partition coefficient (Wildman–Crippen LogP) is 5.49. The fourth-order valence-corrected chi connectivity index (χ4v) is 5.14. The van der Waals surface area contributed by atoms with E-state index in [9.17, 15) is 4.79 Å². The SMILES string of the molecule is CCSc1nnc(NC(=O)c2cc(-c3ccc(C)s3)nc3ccccc23)s1. The third-order valence-electron chi connectivity index (χ3n) is 3.85. The average Bonchev–Trinajstić information content (AvgIpc) is 3.30. The molecule has 4 rings (SSSR count). The van der Waals surface area contributed by atoms with Gasteiger partial charge in [0.1, 0.15) is 0 Å². The number of fused-ring (bicyclic) bond motifs is 1. The Morgan fingerprint density at radius 1 is 1.15 bits per heavy atom. The minimum atomic E-state index is -0.202. The standard InChI is InChI=1S/C19H16N4OS3/c1-3-25-19-23-22-18(27-19)21-17(24)13-10-15(16-9-8-11(2)26-16)20-14-7-5-4-6-12(13)14/h4-10H,3H2,1-2H3,(H,21,22,24). The second-order valence-electron chi connectivity index (χ2n) is 5.74. The zero-order valence-electron chi connectivity index (χ0n) is 14.7. The van der Waals surface area contributed by atoms with E-state index < -0.39 is 0 Å². The van der Waals surface area contributed by atoms with Crippen LogP contribution in [-0.4, -0.2) is 26.8 Å². The van der Waals surface area contributed by atoms with E-state index in [-0.39, 0.29) is 5.91 Å². The third kappa shape index (κ3) is 3.87. The average molecular weight is 413 g/mol. The lowest BCUT2D eigenvalue weighted by Crippen LogP contribution is -2.13. The Balaban J connectivity index is 1.73. The van der Waals surface area contributed by atoms with E-state index >= 15 is 0 Å². The van der Waals surface area contributed by atoms with Crippen molar-refractivity contribution in [2.75, 3.05) is 11.1 Å². The summed E-state index contributed by atoms with van der Waals surface area (Å²) in [5.41, 5.74) is 2.18. The summed E-state index contributed by atoms with van der Waals surface area (Å²) in [6.07, 6.45) is 0. The van der Waals surface area contributed by atoms with Gasteiger partial charge in [-0.2, -0.15) is 0 Å². The molecule has 3 aromatic heterocycles. The van der Waals surface area contributed by atoms with Crippen LogP contribution in [0.15, 0.2) is 46.8 Å². The molecule has 0 unspecified atom stereocenters. The van der Waals surface area contributed by atoms with Crippen LogP contribution in [0.4, 0.5) is 5.13 Å². The topological polar surface area (TPSA) is 67.8 Å². The first-order valence-electron chi connectivity index (χ1n) is 8.38. The van der Waals surface area contributed by atoms with E-state index in [4.69, 9.17) is 4.98 Å². The van der Waals surface area contributed by atoms with Crippen molar-refractivity contribution in [2.45, 2.75) is 18.2 Å². The predicted molar refractivity (Wildman–Crippen MR) is 114 cm³/mol. The number of para-hydroxylation sites is 1. The molecule has 0 saturated carbocycles.